The monoisotopic (exact) mass is 262 g/mol. The molecule has 90 valence electrons. The quantitative estimate of drug-likeness (QED) is 0.728. The van der Waals surface area contributed by atoms with Crippen LogP contribution in [0.4, 0.5) is 4.39 Å². The van der Waals surface area contributed by atoms with E-state index in [0.29, 0.717) is 10.2 Å². The van der Waals surface area contributed by atoms with E-state index >= 15 is 0 Å². The van der Waals surface area contributed by atoms with Crippen molar-refractivity contribution >= 4 is 21.6 Å². The fourth-order valence-corrected chi connectivity index (χ4v) is 2.57. The minimum absolute atomic E-state index is 0.0425. The number of thiophene rings is 1. The molecule has 0 bridgehead atoms. The molecule has 0 saturated heterocycles. The zero-order valence-corrected chi connectivity index (χ0v) is 9.83. The average Bonchev–Trinajstić information content (AvgIpc) is 2.79. The van der Waals surface area contributed by atoms with E-state index in [9.17, 15) is 14.0 Å². The molecule has 0 saturated carbocycles. The number of benzene rings is 1. The van der Waals surface area contributed by atoms with Crippen molar-refractivity contribution in [2.75, 3.05) is 0 Å². The van der Waals surface area contributed by atoms with Crippen LogP contribution in [0.15, 0.2) is 45.3 Å². The van der Waals surface area contributed by atoms with E-state index in [0.717, 1.165) is 4.57 Å². The Morgan fingerprint density at radius 3 is 2.72 bits per heavy atom. The Labute approximate surface area is 104 Å². The highest BCUT2D eigenvalue weighted by Gasteiger charge is 2.12. The third kappa shape index (κ3) is 1.50. The van der Waals surface area contributed by atoms with Gasteiger partial charge in [-0.2, -0.15) is 0 Å². The Morgan fingerprint density at radius 1 is 1.17 bits per heavy atom. The molecule has 0 fully saturated rings. The van der Waals surface area contributed by atoms with Crippen LogP contribution in [-0.2, 0) is 0 Å². The first kappa shape index (κ1) is 10.9. The second kappa shape index (κ2) is 3.92. The molecule has 4 nitrogen and oxygen atoms in total. The summed E-state index contributed by atoms with van der Waals surface area (Å²) in [5, 5.41) is 1.70. The number of H-pyrrole nitrogens is 1. The fourth-order valence-electron chi connectivity index (χ4n) is 1.79. The standard InChI is InChI=1S/C12H7FN2O2S/c13-7-3-1-2-4-9(7)15-11(16)10-8(5-6-18-10)14-12(15)17/h1-6H,(H,14,17). The number of nitrogens with zero attached hydrogens (tertiary/aromatic N) is 1. The molecule has 0 atom stereocenters. The number of aromatic amines is 1. The molecule has 2 aromatic heterocycles. The van der Waals surface area contributed by atoms with Crippen LogP contribution in [0.25, 0.3) is 15.9 Å². The number of hydrogen-bond acceptors (Lipinski definition) is 3. The summed E-state index contributed by atoms with van der Waals surface area (Å²) in [5.74, 6) is -0.610. The van der Waals surface area contributed by atoms with E-state index in [2.05, 4.69) is 4.98 Å². The highest BCUT2D eigenvalue weighted by molar-refractivity contribution is 7.17. The van der Waals surface area contributed by atoms with Gasteiger partial charge >= 0.3 is 5.69 Å². The largest absolute Gasteiger partial charge is 0.333 e. The Kier molecular flexibility index (Phi) is 2.38. The third-order valence-corrected chi connectivity index (χ3v) is 3.50. The Morgan fingerprint density at radius 2 is 1.94 bits per heavy atom. The first-order chi connectivity index (χ1) is 8.68. The normalized spacial score (nSPS) is 10.9. The summed E-state index contributed by atoms with van der Waals surface area (Å²) < 4.78 is 14.9. The summed E-state index contributed by atoms with van der Waals surface area (Å²) in [6.45, 7) is 0. The van der Waals surface area contributed by atoms with E-state index in [1.54, 1.807) is 17.5 Å². The SMILES string of the molecule is O=c1[nH]c2ccsc2c(=O)n1-c1ccccc1F. The molecule has 3 rings (SSSR count). The first-order valence-electron chi connectivity index (χ1n) is 5.16. The highest BCUT2D eigenvalue weighted by Crippen LogP contribution is 2.14. The van der Waals surface area contributed by atoms with Crippen LogP contribution in [0.5, 0.6) is 0 Å². The van der Waals surface area contributed by atoms with Crippen LogP contribution < -0.4 is 11.2 Å². The maximum atomic E-state index is 13.7. The number of nitrogens with one attached hydrogen (secondary N) is 1. The Balaban J connectivity index is 2.47. The Hall–Kier alpha value is -2.21. The van der Waals surface area contributed by atoms with Crippen molar-refractivity contribution in [3.05, 3.63) is 62.4 Å². The second-order valence-corrected chi connectivity index (χ2v) is 4.60. The number of rotatable bonds is 1. The van der Waals surface area contributed by atoms with Gasteiger partial charge in [0, 0.05) is 0 Å². The van der Waals surface area contributed by atoms with Gasteiger partial charge in [-0.3, -0.25) is 4.79 Å². The van der Waals surface area contributed by atoms with Gasteiger partial charge in [0.2, 0.25) is 0 Å². The zero-order chi connectivity index (χ0) is 12.7. The lowest BCUT2D eigenvalue weighted by Gasteiger charge is -2.05. The molecule has 1 aromatic carbocycles. The molecule has 0 aliphatic carbocycles. The van der Waals surface area contributed by atoms with Gasteiger partial charge in [-0.15, -0.1) is 11.3 Å². The molecule has 2 heterocycles. The third-order valence-electron chi connectivity index (χ3n) is 2.60. The van der Waals surface area contributed by atoms with Crippen LogP contribution in [-0.4, -0.2) is 9.55 Å². The molecule has 0 spiro atoms. The van der Waals surface area contributed by atoms with Crippen molar-refractivity contribution in [3.8, 4) is 5.69 Å². The maximum absolute atomic E-state index is 13.7. The summed E-state index contributed by atoms with van der Waals surface area (Å²) in [7, 11) is 0. The molecular formula is C12H7FN2O2S. The smallest absolute Gasteiger partial charge is 0.306 e. The van der Waals surface area contributed by atoms with E-state index < -0.39 is 17.1 Å². The lowest BCUT2D eigenvalue weighted by atomic mass is 10.3. The van der Waals surface area contributed by atoms with Crippen molar-refractivity contribution in [2.24, 2.45) is 0 Å². The number of halogens is 1. The van der Waals surface area contributed by atoms with Crippen molar-refractivity contribution in [3.63, 3.8) is 0 Å². The molecule has 18 heavy (non-hydrogen) atoms. The van der Waals surface area contributed by atoms with Crippen molar-refractivity contribution in [1.82, 2.24) is 9.55 Å². The summed E-state index contributed by atoms with van der Waals surface area (Å²) in [6, 6.07) is 7.32. The number of para-hydroxylation sites is 1. The molecule has 0 aliphatic heterocycles. The predicted octanol–water partition coefficient (Wildman–Crippen LogP) is 1.88. The summed E-state index contributed by atoms with van der Waals surface area (Å²) in [4.78, 5) is 26.6. The molecule has 0 aliphatic rings. The van der Waals surface area contributed by atoms with Crippen LogP contribution in [0, 0.1) is 5.82 Å². The fraction of sp³-hybridized carbons (Fsp3) is 0. The van der Waals surface area contributed by atoms with Gasteiger partial charge in [0.25, 0.3) is 5.56 Å². The highest BCUT2D eigenvalue weighted by atomic mass is 32.1. The van der Waals surface area contributed by atoms with Gasteiger partial charge in [0.1, 0.15) is 10.5 Å². The van der Waals surface area contributed by atoms with Crippen LogP contribution in [0.2, 0.25) is 0 Å². The second-order valence-electron chi connectivity index (χ2n) is 3.69. The van der Waals surface area contributed by atoms with Gasteiger partial charge in [0.05, 0.1) is 11.2 Å². The molecule has 3 aromatic rings. The molecule has 1 N–H and O–H groups in total. The van der Waals surface area contributed by atoms with Crippen molar-refractivity contribution < 1.29 is 4.39 Å². The molecule has 0 amide bonds. The molecule has 6 heteroatoms. The van der Waals surface area contributed by atoms with E-state index in [1.807, 2.05) is 0 Å². The van der Waals surface area contributed by atoms with Gasteiger partial charge in [-0.1, -0.05) is 12.1 Å². The van der Waals surface area contributed by atoms with E-state index in [-0.39, 0.29) is 5.69 Å². The summed E-state index contributed by atoms with van der Waals surface area (Å²) in [5.41, 5.74) is -0.716. The predicted molar refractivity (Wildman–Crippen MR) is 68.0 cm³/mol. The van der Waals surface area contributed by atoms with Gasteiger partial charge in [-0.25, -0.2) is 13.8 Å². The van der Waals surface area contributed by atoms with Crippen molar-refractivity contribution in [1.29, 1.82) is 0 Å². The lowest BCUT2D eigenvalue weighted by molar-refractivity contribution is 0.613. The zero-order valence-electron chi connectivity index (χ0n) is 9.01. The molecule has 0 radical (unpaired) electrons. The van der Waals surface area contributed by atoms with Crippen molar-refractivity contribution in [2.45, 2.75) is 0 Å². The minimum atomic E-state index is -0.643. The summed E-state index contributed by atoms with van der Waals surface area (Å²) in [6.07, 6.45) is 0. The number of fused-ring (bicyclic) bond motifs is 1. The van der Waals surface area contributed by atoms with E-state index in [1.165, 1.54) is 29.5 Å². The average molecular weight is 262 g/mol. The molecular weight excluding hydrogens is 255 g/mol. The topological polar surface area (TPSA) is 54.9 Å². The van der Waals surface area contributed by atoms with Crippen LogP contribution in [0.1, 0.15) is 0 Å². The maximum Gasteiger partial charge on any atom is 0.333 e. The summed E-state index contributed by atoms with van der Waals surface area (Å²) >= 11 is 1.21. The van der Waals surface area contributed by atoms with Crippen LogP contribution >= 0.6 is 11.3 Å². The minimum Gasteiger partial charge on any atom is -0.306 e. The van der Waals surface area contributed by atoms with Gasteiger partial charge in [0.15, 0.2) is 0 Å². The van der Waals surface area contributed by atoms with Crippen LogP contribution in [0.3, 0.4) is 0 Å². The lowest BCUT2D eigenvalue weighted by Crippen LogP contribution is -2.33. The first-order valence-corrected chi connectivity index (χ1v) is 6.04. The Bertz CT molecular complexity index is 847. The van der Waals surface area contributed by atoms with Gasteiger partial charge < -0.3 is 4.98 Å². The molecule has 0 unspecified atom stereocenters. The number of aromatic nitrogens is 2. The van der Waals surface area contributed by atoms with Gasteiger partial charge in [-0.05, 0) is 23.6 Å². The van der Waals surface area contributed by atoms with E-state index in [4.69, 9.17) is 0 Å². The number of hydrogen-bond donors (Lipinski definition) is 1.